The van der Waals surface area contributed by atoms with Crippen molar-refractivity contribution < 1.29 is 9.63 Å². The highest BCUT2D eigenvalue weighted by atomic mass is 16.5. The molecule has 1 aliphatic rings. The topological polar surface area (TPSA) is 46.3 Å². The number of hydrogen-bond donors (Lipinski definition) is 1. The van der Waals surface area contributed by atoms with Crippen LogP contribution in [-0.2, 0) is 6.42 Å². The fourth-order valence-corrected chi connectivity index (χ4v) is 2.05. The van der Waals surface area contributed by atoms with Gasteiger partial charge in [-0.3, -0.25) is 0 Å². The standard InChI is InChI=1S/C12H13NO2/c1-8-11-9(7-12(14)5-6-12)3-2-4-10(11)15-13-8/h2-4,14H,5-7H2,1H3. The fourth-order valence-electron chi connectivity index (χ4n) is 2.05. The minimum Gasteiger partial charge on any atom is -0.390 e. The molecule has 1 saturated carbocycles. The zero-order chi connectivity index (χ0) is 10.5. The molecule has 3 rings (SSSR count). The molecule has 0 spiro atoms. The minimum absolute atomic E-state index is 0.460. The van der Waals surface area contributed by atoms with Crippen molar-refractivity contribution in [2.75, 3.05) is 0 Å². The van der Waals surface area contributed by atoms with Crippen molar-refractivity contribution in [2.45, 2.75) is 31.8 Å². The van der Waals surface area contributed by atoms with E-state index in [9.17, 15) is 5.11 Å². The Hall–Kier alpha value is -1.35. The largest absolute Gasteiger partial charge is 0.390 e. The van der Waals surface area contributed by atoms with E-state index < -0.39 is 5.60 Å². The van der Waals surface area contributed by atoms with Gasteiger partial charge in [-0.25, -0.2) is 0 Å². The molecule has 3 nitrogen and oxygen atoms in total. The molecule has 15 heavy (non-hydrogen) atoms. The van der Waals surface area contributed by atoms with Crippen LogP contribution in [0.3, 0.4) is 0 Å². The summed E-state index contributed by atoms with van der Waals surface area (Å²) in [6.45, 7) is 1.94. The van der Waals surface area contributed by atoms with Crippen LogP contribution in [0.15, 0.2) is 22.7 Å². The van der Waals surface area contributed by atoms with Crippen molar-refractivity contribution in [3.63, 3.8) is 0 Å². The molecule has 1 heterocycles. The molecule has 3 heteroatoms. The lowest BCUT2D eigenvalue weighted by Gasteiger charge is -2.07. The van der Waals surface area contributed by atoms with Crippen molar-refractivity contribution in [3.8, 4) is 0 Å². The van der Waals surface area contributed by atoms with Crippen LogP contribution in [0.2, 0.25) is 0 Å². The predicted octanol–water partition coefficient (Wildman–Crippen LogP) is 2.20. The van der Waals surface area contributed by atoms with Gasteiger partial charge in [-0.1, -0.05) is 17.3 Å². The van der Waals surface area contributed by atoms with Crippen molar-refractivity contribution in [3.05, 3.63) is 29.5 Å². The van der Waals surface area contributed by atoms with Crippen molar-refractivity contribution in [1.82, 2.24) is 5.16 Å². The monoisotopic (exact) mass is 203 g/mol. The van der Waals surface area contributed by atoms with Gasteiger partial charge < -0.3 is 9.63 Å². The summed E-state index contributed by atoms with van der Waals surface area (Å²) in [4.78, 5) is 0. The predicted molar refractivity (Wildman–Crippen MR) is 56.6 cm³/mol. The molecule has 0 unspecified atom stereocenters. The summed E-state index contributed by atoms with van der Waals surface area (Å²) in [6.07, 6.45) is 2.54. The van der Waals surface area contributed by atoms with E-state index in [0.29, 0.717) is 6.42 Å². The van der Waals surface area contributed by atoms with E-state index in [4.69, 9.17) is 4.52 Å². The Balaban J connectivity index is 2.12. The van der Waals surface area contributed by atoms with Gasteiger partial charge in [0.05, 0.1) is 11.3 Å². The number of hydrogen-bond acceptors (Lipinski definition) is 3. The number of aromatic nitrogens is 1. The second-order valence-corrected chi connectivity index (χ2v) is 4.46. The highest BCUT2D eigenvalue weighted by molar-refractivity contribution is 5.83. The van der Waals surface area contributed by atoms with E-state index >= 15 is 0 Å². The first kappa shape index (κ1) is 8.92. The second-order valence-electron chi connectivity index (χ2n) is 4.46. The molecule has 1 N–H and O–H groups in total. The Bertz CT molecular complexity index is 511. The lowest BCUT2D eigenvalue weighted by atomic mass is 10.0. The van der Waals surface area contributed by atoms with Gasteiger partial charge in [0, 0.05) is 11.8 Å². The van der Waals surface area contributed by atoms with E-state index in [2.05, 4.69) is 5.16 Å². The molecule has 0 atom stereocenters. The van der Waals surface area contributed by atoms with Crippen molar-refractivity contribution in [2.24, 2.45) is 0 Å². The van der Waals surface area contributed by atoms with Crippen LogP contribution in [0.1, 0.15) is 24.1 Å². The number of aryl methyl sites for hydroxylation is 1. The van der Waals surface area contributed by atoms with Crippen LogP contribution < -0.4 is 0 Å². The first-order valence-electron chi connectivity index (χ1n) is 5.24. The lowest BCUT2D eigenvalue weighted by molar-refractivity contribution is 0.151. The second kappa shape index (κ2) is 2.83. The first-order valence-corrected chi connectivity index (χ1v) is 5.24. The van der Waals surface area contributed by atoms with Gasteiger partial charge in [-0.05, 0) is 31.4 Å². The number of rotatable bonds is 2. The summed E-state index contributed by atoms with van der Waals surface area (Å²) >= 11 is 0. The molecule has 0 amide bonds. The highest BCUT2D eigenvalue weighted by Gasteiger charge is 2.40. The summed E-state index contributed by atoms with van der Waals surface area (Å²) in [5, 5.41) is 14.9. The summed E-state index contributed by atoms with van der Waals surface area (Å²) in [5.74, 6) is 0. The van der Waals surface area contributed by atoms with Gasteiger partial charge in [0.15, 0.2) is 5.58 Å². The van der Waals surface area contributed by atoms with Crippen LogP contribution in [0.5, 0.6) is 0 Å². The van der Waals surface area contributed by atoms with Gasteiger partial charge in [-0.15, -0.1) is 0 Å². The quantitative estimate of drug-likeness (QED) is 0.813. The fraction of sp³-hybridized carbons (Fsp3) is 0.417. The van der Waals surface area contributed by atoms with Gasteiger partial charge in [0.25, 0.3) is 0 Å². The van der Waals surface area contributed by atoms with Gasteiger partial charge >= 0.3 is 0 Å². The van der Waals surface area contributed by atoms with Crippen LogP contribution >= 0.6 is 0 Å². The van der Waals surface area contributed by atoms with E-state index in [0.717, 1.165) is 35.1 Å². The summed E-state index contributed by atoms with van der Waals surface area (Å²) < 4.78 is 5.19. The normalized spacial score (nSPS) is 18.3. The maximum atomic E-state index is 9.92. The Labute approximate surface area is 87.7 Å². The summed E-state index contributed by atoms with van der Waals surface area (Å²) in [5.41, 5.74) is 2.41. The zero-order valence-electron chi connectivity index (χ0n) is 8.66. The molecule has 1 aromatic heterocycles. The van der Waals surface area contributed by atoms with Gasteiger partial charge in [0.1, 0.15) is 0 Å². The molecular weight excluding hydrogens is 190 g/mol. The Morgan fingerprint density at radius 3 is 3.00 bits per heavy atom. The van der Waals surface area contributed by atoms with Gasteiger partial charge in [0.2, 0.25) is 0 Å². The lowest BCUT2D eigenvalue weighted by Crippen LogP contribution is -2.10. The average Bonchev–Trinajstić information content (AvgIpc) is 2.80. The first-order chi connectivity index (χ1) is 7.18. The van der Waals surface area contributed by atoms with E-state index in [1.807, 2.05) is 25.1 Å². The number of nitrogens with zero attached hydrogens (tertiary/aromatic N) is 1. The Morgan fingerprint density at radius 1 is 1.47 bits per heavy atom. The molecular formula is C12H13NO2. The van der Waals surface area contributed by atoms with E-state index in [1.165, 1.54) is 0 Å². The number of aliphatic hydroxyl groups is 1. The summed E-state index contributed by atoms with van der Waals surface area (Å²) in [6, 6.07) is 5.91. The molecule has 1 aromatic carbocycles. The Kier molecular flexibility index (Phi) is 1.68. The average molecular weight is 203 g/mol. The van der Waals surface area contributed by atoms with Crippen LogP contribution in [0.4, 0.5) is 0 Å². The zero-order valence-corrected chi connectivity index (χ0v) is 8.66. The highest BCUT2D eigenvalue weighted by Crippen LogP contribution is 2.39. The van der Waals surface area contributed by atoms with E-state index in [-0.39, 0.29) is 0 Å². The molecule has 0 saturated heterocycles. The molecule has 1 fully saturated rings. The maximum absolute atomic E-state index is 9.92. The number of benzene rings is 1. The number of fused-ring (bicyclic) bond motifs is 1. The molecule has 78 valence electrons. The van der Waals surface area contributed by atoms with Gasteiger partial charge in [-0.2, -0.15) is 0 Å². The third-order valence-corrected chi connectivity index (χ3v) is 3.10. The SMILES string of the molecule is Cc1noc2cccc(CC3(O)CC3)c12. The molecule has 0 aliphatic heterocycles. The van der Waals surface area contributed by atoms with Crippen LogP contribution in [0, 0.1) is 6.92 Å². The molecule has 1 aliphatic carbocycles. The van der Waals surface area contributed by atoms with Crippen molar-refractivity contribution >= 4 is 11.0 Å². The smallest absolute Gasteiger partial charge is 0.167 e. The molecule has 0 radical (unpaired) electrons. The maximum Gasteiger partial charge on any atom is 0.167 e. The third-order valence-electron chi connectivity index (χ3n) is 3.10. The minimum atomic E-state index is -0.460. The molecule has 2 aromatic rings. The summed E-state index contributed by atoms with van der Waals surface area (Å²) in [7, 11) is 0. The Morgan fingerprint density at radius 2 is 2.27 bits per heavy atom. The van der Waals surface area contributed by atoms with Crippen LogP contribution in [-0.4, -0.2) is 15.9 Å². The van der Waals surface area contributed by atoms with Crippen molar-refractivity contribution in [1.29, 1.82) is 0 Å². The van der Waals surface area contributed by atoms with Crippen LogP contribution in [0.25, 0.3) is 11.0 Å². The third kappa shape index (κ3) is 1.43. The van der Waals surface area contributed by atoms with E-state index in [1.54, 1.807) is 0 Å². The molecule has 0 bridgehead atoms.